The summed E-state index contributed by atoms with van der Waals surface area (Å²) < 4.78 is 4.94. The lowest BCUT2D eigenvalue weighted by Gasteiger charge is -2.32. The van der Waals surface area contributed by atoms with Gasteiger partial charge in [0.25, 0.3) is 0 Å². The van der Waals surface area contributed by atoms with Crippen molar-refractivity contribution in [2.24, 2.45) is 5.92 Å². The lowest BCUT2D eigenvalue weighted by molar-refractivity contribution is -0.137. The number of hydrogen-bond donors (Lipinski definition) is 2. The Morgan fingerprint density at radius 2 is 2.38 bits per heavy atom. The summed E-state index contributed by atoms with van der Waals surface area (Å²) >= 11 is 0. The molecule has 1 fully saturated rings. The van der Waals surface area contributed by atoms with Crippen molar-refractivity contribution in [2.45, 2.75) is 39.2 Å². The number of carboxylic acid groups (broad SMARTS) is 1. The van der Waals surface area contributed by atoms with Crippen molar-refractivity contribution < 1.29 is 19.2 Å². The average molecular weight is 295 g/mol. The molecule has 1 aliphatic rings. The van der Waals surface area contributed by atoms with Crippen molar-refractivity contribution in [3.8, 4) is 0 Å². The molecule has 0 aliphatic carbocycles. The third-order valence-corrected chi connectivity index (χ3v) is 3.67. The summed E-state index contributed by atoms with van der Waals surface area (Å²) in [4.78, 5) is 24.5. The van der Waals surface area contributed by atoms with Crippen molar-refractivity contribution in [3.63, 3.8) is 0 Å². The van der Waals surface area contributed by atoms with Crippen LogP contribution in [0.2, 0.25) is 0 Å². The third-order valence-electron chi connectivity index (χ3n) is 3.67. The predicted molar refractivity (Wildman–Crippen MR) is 74.6 cm³/mol. The molecule has 2 amide bonds. The number of nitrogens with zero attached hydrogens (tertiary/aromatic N) is 2. The molecule has 0 aromatic carbocycles. The number of rotatable bonds is 5. The molecule has 0 radical (unpaired) electrons. The minimum Gasteiger partial charge on any atom is -0.481 e. The highest BCUT2D eigenvalue weighted by atomic mass is 16.5. The van der Waals surface area contributed by atoms with E-state index >= 15 is 0 Å². The largest absolute Gasteiger partial charge is 0.481 e. The van der Waals surface area contributed by atoms with Crippen LogP contribution < -0.4 is 5.32 Å². The molecule has 2 N–H and O–H groups in total. The van der Waals surface area contributed by atoms with E-state index in [4.69, 9.17) is 9.63 Å². The number of carbonyl (C=O) groups is 2. The summed E-state index contributed by atoms with van der Waals surface area (Å²) in [6.45, 7) is 3.48. The van der Waals surface area contributed by atoms with Gasteiger partial charge in [-0.3, -0.25) is 4.79 Å². The minimum atomic E-state index is -0.780. The molecule has 1 aromatic heterocycles. The monoisotopic (exact) mass is 295 g/mol. The predicted octanol–water partition coefficient (Wildman–Crippen LogP) is 1.77. The van der Waals surface area contributed by atoms with Gasteiger partial charge in [-0.05, 0) is 32.1 Å². The van der Waals surface area contributed by atoms with Gasteiger partial charge in [0.1, 0.15) is 11.5 Å². The molecule has 7 heteroatoms. The standard InChI is InChI=1S/C14H21N3O4/c1-10-7-12(16-21-10)8-15-14(20)17-6-2-3-11(9-17)4-5-13(18)19/h7,11H,2-6,8-9H2,1H3,(H,15,20)(H,18,19). The zero-order valence-electron chi connectivity index (χ0n) is 12.2. The van der Waals surface area contributed by atoms with Crippen LogP contribution in [0, 0.1) is 12.8 Å². The van der Waals surface area contributed by atoms with Gasteiger partial charge in [0, 0.05) is 25.6 Å². The smallest absolute Gasteiger partial charge is 0.317 e. The Bertz CT molecular complexity index is 500. The van der Waals surface area contributed by atoms with E-state index < -0.39 is 5.97 Å². The van der Waals surface area contributed by atoms with Crippen LogP contribution in [0.25, 0.3) is 0 Å². The van der Waals surface area contributed by atoms with E-state index in [1.54, 1.807) is 17.9 Å². The van der Waals surface area contributed by atoms with Crippen molar-refractivity contribution in [2.75, 3.05) is 13.1 Å². The summed E-state index contributed by atoms with van der Waals surface area (Å²) in [6, 6.07) is 1.65. The molecule has 2 rings (SSSR count). The van der Waals surface area contributed by atoms with Gasteiger partial charge in [-0.2, -0.15) is 0 Å². The fraction of sp³-hybridized carbons (Fsp3) is 0.643. The highest BCUT2D eigenvalue weighted by molar-refractivity contribution is 5.74. The molecule has 0 saturated carbocycles. The molecule has 116 valence electrons. The minimum absolute atomic E-state index is 0.129. The second kappa shape index (κ2) is 7.10. The highest BCUT2D eigenvalue weighted by Gasteiger charge is 2.24. The Balaban J connectivity index is 1.77. The zero-order valence-corrected chi connectivity index (χ0v) is 12.2. The lowest BCUT2D eigenvalue weighted by Crippen LogP contribution is -2.45. The molecular formula is C14H21N3O4. The second-order valence-electron chi connectivity index (χ2n) is 5.47. The van der Waals surface area contributed by atoms with E-state index in [2.05, 4.69) is 10.5 Å². The van der Waals surface area contributed by atoms with Crippen LogP contribution in [-0.2, 0) is 11.3 Å². The van der Waals surface area contributed by atoms with Crippen LogP contribution in [0.15, 0.2) is 10.6 Å². The van der Waals surface area contributed by atoms with Crippen LogP contribution in [0.3, 0.4) is 0 Å². The van der Waals surface area contributed by atoms with Gasteiger partial charge in [-0.1, -0.05) is 5.16 Å². The first-order valence-corrected chi connectivity index (χ1v) is 7.21. The normalized spacial score (nSPS) is 18.5. The molecule has 1 saturated heterocycles. The molecule has 1 aliphatic heterocycles. The number of aliphatic carboxylic acids is 1. The Hall–Kier alpha value is -2.05. The summed E-state index contributed by atoms with van der Waals surface area (Å²) in [5.41, 5.74) is 0.695. The van der Waals surface area contributed by atoms with Crippen LogP contribution in [-0.4, -0.2) is 40.3 Å². The fourth-order valence-corrected chi connectivity index (χ4v) is 2.59. The van der Waals surface area contributed by atoms with Gasteiger partial charge in [0.15, 0.2) is 0 Å². The SMILES string of the molecule is Cc1cc(CNC(=O)N2CCCC(CCC(=O)O)C2)no1. The van der Waals surface area contributed by atoms with Gasteiger partial charge in [0.2, 0.25) is 0 Å². The van der Waals surface area contributed by atoms with Crippen LogP contribution in [0.1, 0.15) is 37.1 Å². The van der Waals surface area contributed by atoms with Gasteiger partial charge in [0.05, 0.1) is 6.54 Å². The molecule has 7 nitrogen and oxygen atoms in total. The van der Waals surface area contributed by atoms with Crippen LogP contribution >= 0.6 is 0 Å². The maximum absolute atomic E-state index is 12.1. The van der Waals surface area contributed by atoms with Crippen molar-refractivity contribution in [3.05, 3.63) is 17.5 Å². The topological polar surface area (TPSA) is 95.7 Å². The maximum Gasteiger partial charge on any atom is 0.317 e. The number of hydrogen-bond acceptors (Lipinski definition) is 4. The van der Waals surface area contributed by atoms with Crippen molar-refractivity contribution in [1.82, 2.24) is 15.4 Å². The number of piperidine rings is 1. The van der Waals surface area contributed by atoms with E-state index in [1.165, 1.54) is 0 Å². The van der Waals surface area contributed by atoms with Crippen LogP contribution in [0.4, 0.5) is 4.79 Å². The molecule has 1 aromatic rings. The number of carbonyl (C=O) groups excluding carboxylic acids is 1. The Morgan fingerprint density at radius 1 is 1.57 bits per heavy atom. The van der Waals surface area contributed by atoms with E-state index in [0.717, 1.165) is 12.8 Å². The Labute approximate surface area is 123 Å². The van der Waals surface area contributed by atoms with E-state index in [0.29, 0.717) is 37.5 Å². The van der Waals surface area contributed by atoms with Crippen LogP contribution in [0.5, 0.6) is 0 Å². The number of nitrogens with one attached hydrogen (secondary N) is 1. The van der Waals surface area contributed by atoms with E-state index in [-0.39, 0.29) is 18.4 Å². The average Bonchev–Trinajstić information content (AvgIpc) is 2.88. The highest BCUT2D eigenvalue weighted by Crippen LogP contribution is 2.21. The molecule has 1 atom stereocenters. The number of urea groups is 1. The van der Waals surface area contributed by atoms with Gasteiger partial charge < -0.3 is 19.8 Å². The molecule has 21 heavy (non-hydrogen) atoms. The van der Waals surface area contributed by atoms with Gasteiger partial charge >= 0.3 is 12.0 Å². The van der Waals surface area contributed by atoms with Gasteiger partial charge in [-0.15, -0.1) is 0 Å². The van der Waals surface area contributed by atoms with Crippen molar-refractivity contribution in [1.29, 1.82) is 0 Å². The number of carboxylic acids is 1. The summed E-state index contributed by atoms with van der Waals surface area (Å²) in [5, 5.41) is 15.4. The molecule has 0 bridgehead atoms. The van der Waals surface area contributed by atoms with E-state index in [1.807, 2.05) is 0 Å². The Morgan fingerprint density at radius 3 is 3.05 bits per heavy atom. The van der Waals surface area contributed by atoms with Crippen molar-refractivity contribution >= 4 is 12.0 Å². The summed E-state index contributed by atoms with van der Waals surface area (Å²) in [6.07, 6.45) is 2.69. The summed E-state index contributed by atoms with van der Waals surface area (Å²) in [7, 11) is 0. The molecule has 0 spiro atoms. The number of aromatic nitrogens is 1. The number of aryl methyl sites for hydroxylation is 1. The second-order valence-corrected chi connectivity index (χ2v) is 5.47. The van der Waals surface area contributed by atoms with E-state index in [9.17, 15) is 9.59 Å². The number of likely N-dealkylation sites (tertiary alicyclic amines) is 1. The quantitative estimate of drug-likeness (QED) is 0.863. The molecular weight excluding hydrogens is 274 g/mol. The van der Waals surface area contributed by atoms with Gasteiger partial charge in [-0.25, -0.2) is 4.79 Å². The Kier molecular flexibility index (Phi) is 5.19. The first kappa shape index (κ1) is 15.3. The first-order chi connectivity index (χ1) is 10.0. The lowest BCUT2D eigenvalue weighted by atomic mass is 9.93. The maximum atomic E-state index is 12.1. The fourth-order valence-electron chi connectivity index (χ4n) is 2.59. The number of amides is 2. The summed E-state index contributed by atoms with van der Waals surface area (Å²) in [5.74, 6) is 0.207. The first-order valence-electron chi connectivity index (χ1n) is 7.21. The molecule has 1 unspecified atom stereocenters. The third kappa shape index (κ3) is 4.77. The molecule has 2 heterocycles. The zero-order chi connectivity index (χ0) is 15.2.